The lowest BCUT2D eigenvalue weighted by Crippen LogP contribution is -2.36. The molecule has 1 saturated heterocycles. The molecule has 1 aromatic rings. The van der Waals surface area contributed by atoms with E-state index in [1.54, 1.807) is 13.8 Å². The molecule has 1 aromatic heterocycles. The topological polar surface area (TPSA) is 103 Å². The van der Waals surface area contributed by atoms with Crippen molar-refractivity contribution < 1.29 is 18.7 Å². The summed E-state index contributed by atoms with van der Waals surface area (Å²) in [5.74, 6) is -3.06. The standard InChI is InChI=1S/C12H16FN3O5/c1-7(2)10(18)20-6-12(13)4-3-9(21-12)16-11(19)15-8(17)5-14-16/h5,7,9H,3-4,6H2,1-2H3,(H,15,17,19)/t9-,12+/m1/s1. The summed E-state index contributed by atoms with van der Waals surface area (Å²) in [6, 6.07) is 0. The van der Waals surface area contributed by atoms with E-state index >= 15 is 0 Å². The van der Waals surface area contributed by atoms with Crippen LogP contribution in [0.15, 0.2) is 15.8 Å². The number of nitrogens with zero attached hydrogens (tertiary/aromatic N) is 2. The highest BCUT2D eigenvalue weighted by molar-refractivity contribution is 5.71. The van der Waals surface area contributed by atoms with Crippen molar-refractivity contribution in [2.45, 2.75) is 38.8 Å². The Labute approximate surface area is 118 Å². The molecule has 0 bridgehead atoms. The van der Waals surface area contributed by atoms with Crippen LogP contribution in [0.2, 0.25) is 0 Å². The van der Waals surface area contributed by atoms with Crippen LogP contribution in [0, 0.1) is 5.92 Å². The molecule has 2 heterocycles. The van der Waals surface area contributed by atoms with Crippen molar-refractivity contribution in [3.8, 4) is 0 Å². The molecule has 0 unspecified atom stereocenters. The Morgan fingerprint density at radius 1 is 1.67 bits per heavy atom. The highest BCUT2D eigenvalue weighted by Crippen LogP contribution is 2.36. The van der Waals surface area contributed by atoms with Gasteiger partial charge in [0.05, 0.1) is 5.92 Å². The van der Waals surface area contributed by atoms with E-state index < -0.39 is 35.9 Å². The maximum Gasteiger partial charge on any atom is 0.347 e. The molecule has 0 spiro atoms. The van der Waals surface area contributed by atoms with Gasteiger partial charge in [0.2, 0.25) is 5.85 Å². The van der Waals surface area contributed by atoms with Gasteiger partial charge in [-0.2, -0.15) is 9.78 Å². The molecular weight excluding hydrogens is 285 g/mol. The first-order chi connectivity index (χ1) is 9.81. The molecule has 0 amide bonds. The van der Waals surface area contributed by atoms with E-state index in [9.17, 15) is 18.8 Å². The van der Waals surface area contributed by atoms with Gasteiger partial charge in [-0.05, 0) is 6.42 Å². The minimum atomic E-state index is -2.16. The number of halogens is 1. The number of H-pyrrole nitrogens is 1. The SMILES string of the molecule is CC(C)C(=O)OC[C@]1(F)CC[C@H](n2ncc(=O)[nH]c2=O)O1. The van der Waals surface area contributed by atoms with Crippen LogP contribution in [-0.4, -0.2) is 33.2 Å². The lowest BCUT2D eigenvalue weighted by atomic mass is 10.2. The van der Waals surface area contributed by atoms with Gasteiger partial charge in [-0.25, -0.2) is 9.18 Å². The number of carbonyl (C=O) groups is 1. The van der Waals surface area contributed by atoms with Crippen molar-refractivity contribution in [1.82, 2.24) is 14.8 Å². The predicted octanol–water partition coefficient (Wildman–Crippen LogP) is 0.106. The fourth-order valence-electron chi connectivity index (χ4n) is 1.89. The Morgan fingerprint density at radius 3 is 3.00 bits per heavy atom. The lowest BCUT2D eigenvalue weighted by Gasteiger charge is -2.21. The molecule has 0 aliphatic carbocycles. The highest BCUT2D eigenvalue weighted by Gasteiger charge is 2.43. The van der Waals surface area contributed by atoms with Crippen LogP contribution in [0.4, 0.5) is 4.39 Å². The van der Waals surface area contributed by atoms with Crippen LogP contribution in [-0.2, 0) is 14.3 Å². The van der Waals surface area contributed by atoms with E-state index in [1.165, 1.54) is 0 Å². The third kappa shape index (κ3) is 3.54. The minimum Gasteiger partial charge on any atom is -0.459 e. The number of carbonyl (C=O) groups excluding carboxylic acids is 1. The van der Waals surface area contributed by atoms with Crippen molar-refractivity contribution in [2.75, 3.05) is 6.61 Å². The van der Waals surface area contributed by atoms with Gasteiger partial charge in [0, 0.05) is 6.42 Å². The molecule has 0 saturated carbocycles. The number of hydrogen-bond acceptors (Lipinski definition) is 6. The lowest BCUT2D eigenvalue weighted by molar-refractivity contribution is -0.197. The molecule has 1 aliphatic heterocycles. The first kappa shape index (κ1) is 15.4. The van der Waals surface area contributed by atoms with E-state index in [2.05, 4.69) is 5.10 Å². The van der Waals surface area contributed by atoms with Gasteiger partial charge in [-0.15, -0.1) is 0 Å². The molecule has 0 radical (unpaired) electrons. The number of rotatable bonds is 4. The Hall–Kier alpha value is -2.03. The molecule has 21 heavy (non-hydrogen) atoms. The monoisotopic (exact) mass is 301 g/mol. The molecule has 2 rings (SSSR count). The first-order valence-electron chi connectivity index (χ1n) is 6.52. The number of nitrogens with one attached hydrogen (secondary N) is 1. The third-order valence-corrected chi connectivity index (χ3v) is 3.02. The largest absolute Gasteiger partial charge is 0.459 e. The van der Waals surface area contributed by atoms with Gasteiger partial charge in [0.25, 0.3) is 5.56 Å². The summed E-state index contributed by atoms with van der Waals surface area (Å²) in [6.07, 6.45) is 0.0873. The second kappa shape index (κ2) is 5.76. The molecule has 9 heteroatoms. The van der Waals surface area contributed by atoms with Crippen LogP contribution in [0.25, 0.3) is 0 Å². The van der Waals surface area contributed by atoms with Crippen molar-refractivity contribution >= 4 is 5.97 Å². The number of aromatic amines is 1. The zero-order chi connectivity index (χ0) is 15.6. The minimum absolute atomic E-state index is 0.0453. The summed E-state index contributed by atoms with van der Waals surface area (Å²) < 4.78 is 25.2. The Bertz CT molecular complexity index is 640. The fraction of sp³-hybridized carbons (Fsp3) is 0.667. The molecule has 1 fully saturated rings. The normalized spacial score (nSPS) is 25.2. The smallest absolute Gasteiger partial charge is 0.347 e. The van der Waals surface area contributed by atoms with Crippen LogP contribution in [0.5, 0.6) is 0 Å². The number of ether oxygens (including phenoxy) is 2. The molecule has 1 aliphatic rings. The van der Waals surface area contributed by atoms with Crippen molar-refractivity contribution in [3.63, 3.8) is 0 Å². The van der Waals surface area contributed by atoms with Gasteiger partial charge in [-0.1, -0.05) is 13.8 Å². The number of esters is 1. The Balaban J connectivity index is 2.04. The molecule has 2 atom stereocenters. The van der Waals surface area contributed by atoms with E-state index in [-0.39, 0.29) is 18.8 Å². The van der Waals surface area contributed by atoms with Crippen molar-refractivity contribution in [1.29, 1.82) is 0 Å². The Kier molecular flexibility index (Phi) is 4.21. The van der Waals surface area contributed by atoms with Crippen LogP contribution >= 0.6 is 0 Å². The Morgan fingerprint density at radius 2 is 2.38 bits per heavy atom. The molecule has 1 N–H and O–H groups in total. The van der Waals surface area contributed by atoms with E-state index in [4.69, 9.17) is 9.47 Å². The van der Waals surface area contributed by atoms with Gasteiger partial charge in [-0.3, -0.25) is 14.6 Å². The summed E-state index contributed by atoms with van der Waals surface area (Å²) in [4.78, 5) is 35.8. The average Bonchev–Trinajstić information content (AvgIpc) is 2.79. The average molecular weight is 301 g/mol. The number of hydrogen-bond donors (Lipinski definition) is 1. The van der Waals surface area contributed by atoms with Crippen LogP contribution in [0.3, 0.4) is 0 Å². The predicted molar refractivity (Wildman–Crippen MR) is 68.1 cm³/mol. The number of aromatic nitrogens is 3. The third-order valence-electron chi connectivity index (χ3n) is 3.02. The summed E-state index contributed by atoms with van der Waals surface area (Å²) in [5, 5.41) is 3.61. The van der Waals surface area contributed by atoms with Crippen LogP contribution < -0.4 is 11.2 Å². The van der Waals surface area contributed by atoms with E-state index in [0.29, 0.717) is 0 Å². The van der Waals surface area contributed by atoms with Crippen LogP contribution in [0.1, 0.15) is 32.9 Å². The van der Waals surface area contributed by atoms with Gasteiger partial charge >= 0.3 is 11.7 Å². The zero-order valence-corrected chi connectivity index (χ0v) is 11.7. The van der Waals surface area contributed by atoms with Gasteiger partial charge in [0.1, 0.15) is 6.20 Å². The fourth-order valence-corrected chi connectivity index (χ4v) is 1.89. The number of alkyl halides is 1. The molecule has 116 valence electrons. The summed E-state index contributed by atoms with van der Waals surface area (Å²) in [5.41, 5.74) is -1.43. The highest BCUT2D eigenvalue weighted by atomic mass is 19.2. The molecule has 8 nitrogen and oxygen atoms in total. The van der Waals surface area contributed by atoms with E-state index in [0.717, 1.165) is 10.9 Å². The zero-order valence-electron chi connectivity index (χ0n) is 11.7. The maximum atomic E-state index is 14.4. The van der Waals surface area contributed by atoms with Gasteiger partial charge < -0.3 is 9.47 Å². The second-order valence-corrected chi connectivity index (χ2v) is 5.14. The summed E-state index contributed by atoms with van der Waals surface area (Å²) in [6.45, 7) is 2.73. The summed E-state index contributed by atoms with van der Waals surface area (Å²) in [7, 11) is 0. The van der Waals surface area contributed by atoms with Crippen molar-refractivity contribution in [3.05, 3.63) is 27.0 Å². The summed E-state index contributed by atoms with van der Waals surface area (Å²) >= 11 is 0. The maximum absolute atomic E-state index is 14.4. The molecule has 0 aromatic carbocycles. The van der Waals surface area contributed by atoms with E-state index in [1.807, 2.05) is 4.98 Å². The van der Waals surface area contributed by atoms with Crippen molar-refractivity contribution in [2.24, 2.45) is 5.92 Å². The first-order valence-corrected chi connectivity index (χ1v) is 6.52. The second-order valence-electron chi connectivity index (χ2n) is 5.14. The molecular formula is C12H16FN3O5. The quantitative estimate of drug-likeness (QED) is 0.791. The van der Waals surface area contributed by atoms with Gasteiger partial charge in [0.15, 0.2) is 12.8 Å².